The summed E-state index contributed by atoms with van der Waals surface area (Å²) in [6.45, 7) is 2.16. The van der Waals surface area contributed by atoms with Crippen LogP contribution in [0.3, 0.4) is 0 Å². The number of ether oxygens (including phenoxy) is 1. The van der Waals surface area contributed by atoms with Gasteiger partial charge < -0.3 is 102 Å². The molecule has 98 heavy (non-hydrogen) atoms. The van der Waals surface area contributed by atoms with Gasteiger partial charge >= 0.3 is 29.6 Å². The fourth-order valence-corrected chi connectivity index (χ4v) is 13.4. The smallest absolute Gasteiger partial charge is 0.691 e. The molecule has 0 radical (unpaired) electrons. The average Bonchev–Trinajstić information content (AvgIpc) is 1.26. The number of amides is 8. The van der Waals surface area contributed by atoms with Gasteiger partial charge in [-0.05, 0) is 91.6 Å². The maximum atomic E-state index is 14.7. The van der Waals surface area contributed by atoms with Gasteiger partial charge in [0.15, 0.2) is 11.5 Å². The van der Waals surface area contributed by atoms with Crippen LogP contribution >= 0.6 is 35.3 Å². The number of piperidine rings is 1. The van der Waals surface area contributed by atoms with Crippen LogP contribution in [0.15, 0.2) is 91.0 Å². The second kappa shape index (κ2) is 33.8. The Labute approximate surface area is 595 Å². The number of phenolic OH excluding ortho intramolecular Hbond substituents is 1. The second-order valence-electron chi connectivity index (χ2n) is 24.1. The van der Waals surface area contributed by atoms with Crippen LogP contribution in [0.2, 0.25) is 5.02 Å². The molecule has 4 aromatic carbocycles. The standard InChI is InChI=1S/C62H74ClN11O21S2.Na/c1-29-27-74-49(50(29)81)57(88)65-26-38(76)23-40(66-53(84)31-4-6-32(7-5-31)58-70-71-59(96-58)33-8-15-37(16-9-33)72-20-18-62(92-3,19-21-72)35-11-13-36(63)14-12-35)54(85)67-46(30(2)75)60(89)73-28-39(77)24-41(73)55(86)69-48(56(87)68-47(61(74)90)43(79)25-45(64)80)52(83)51(82)34-10-17-42(78)44(22-34)93-97-95-94-91;/h4-17,22,29-30,38-41,43,46-52,75-79,81-83,91H,18-21,23-28H2,1-3H3,(H2,64,80)(H,65,88)(H,66,84)(H,67,85)(H,68,87)(H,69,86);/q;+1/p-1. The number of carbonyl (C=O) groups is 8. The molecule has 4 fully saturated rings. The number of methoxy groups -OCH3 is 1. The number of nitrogens with zero attached hydrogens (tertiary/aromatic N) is 5. The molecule has 0 aliphatic carbocycles. The first-order chi connectivity index (χ1) is 46.2. The largest absolute Gasteiger partial charge is 1.00 e. The van der Waals surface area contributed by atoms with E-state index in [1.807, 2.05) is 48.5 Å². The summed E-state index contributed by atoms with van der Waals surface area (Å²) >= 11 is 7.36. The maximum absolute atomic E-state index is 14.7. The van der Waals surface area contributed by atoms with Crippen molar-refractivity contribution < 1.29 is 132 Å². The fraction of sp³-hybridized carbons (Fsp3) is 0.452. The maximum Gasteiger partial charge on any atom is 1.00 e. The first kappa shape index (κ1) is 76.6. The van der Waals surface area contributed by atoms with Crippen molar-refractivity contribution in [3.8, 4) is 32.6 Å². The van der Waals surface area contributed by atoms with Crippen LogP contribution in [-0.4, -0.2) is 221 Å². The van der Waals surface area contributed by atoms with Crippen molar-refractivity contribution >= 4 is 88.2 Å². The summed E-state index contributed by atoms with van der Waals surface area (Å²) in [5, 5.41) is 126. The quantitative estimate of drug-likeness (QED) is 0.0128. The van der Waals surface area contributed by atoms with Gasteiger partial charge in [-0.2, -0.15) is 0 Å². The van der Waals surface area contributed by atoms with Crippen molar-refractivity contribution in [3.05, 3.63) is 113 Å². The molecule has 1 aromatic heterocycles. The van der Waals surface area contributed by atoms with E-state index in [0.717, 1.165) is 77.7 Å². The summed E-state index contributed by atoms with van der Waals surface area (Å²) in [5.74, 6) is -12.0. The van der Waals surface area contributed by atoms with E-state index in [1.54, 1.807) is 19.2 Å². The number of carbonyl (C=O) groups excluding carboxylic acids is 8. The molecule has 14 unspecified atom stereocenters. The first-order valence-corrected chi connectivity index (χ1v) is 32.5. The number of phenols is 1. The van der Waals surface area contributed by atoms with Gasteiger partial charge in [-0.3, -0.25) is 43.4 Å². The van der Waals surface area contributed by atoms with Gasteiger partial charge in [0.05, 0.1) is 42.5 Å². The second-order valence-corrected chi connectivity index (χ2v) is 25.9. The van der Waals surface area contributed by atoms with E-state index in [9.17, 15) is 84.5 Å². The van der Waals surface area contributed by atoms with Crippen molar-refractivity contribution in [2.75, 3.05) is 44.7 Å². The number of fused-ring (bicyclic) bond motifs is 2. The van der Waals surface area contributed by atoms with Gasteiger partial charge in [-0.25, -0.2) is 0 Å². The van der Waals surface area contributed by atoms with Crippen molar-refractivity contribution in [2.45, 2.75) is 131 Å². The number of aliphatic hydroxyl groups excluding tert-OH is 7. The predicted octanol–water partition coefficient (Wildman–Crippen LogP) is -5.14. The van der Waals surface area contributed by atoms with E-state index in [0.29, 0.717) is 20.6 Å². The molecule has 5 heterocycles. The number of benzene rings is 4. The number of aromatic hydroxyl groups is 1. The number of halogens is 1. The van der Waals surface area contributed by atoms with Gasteiger partial charge in [0.25, 0.3) is 18.2 Å². The number of hydrogen-bond acceptors (Lipinski definition) is 26. The van der Waals surface area contributed by atoms with Crippen molar-refractivity contribution in [1.29, 1.82) is 0 Å². The molecular formula is C62H73ClN11NaO21S2. The molecule has 4 aliphatic rings. The Morgan fingerprint density at radius 1 is 0.796 bits per heavy atom. The number of nitrogens with one attached hydrogen (secondary N) is 5. The topological polar surface area (TPSA) is 480 Å². The summed E-state index contributed by atoms with van der Waals surface area (Å²) in [7, 11) is 1.72. The summed E-state index contributed by atoms with van der Waals surface area (Å²) in [6, 6.07) is 12.2. The van der Waals surface area contributed by atoms with Crippen LogP contribution in [0.25, 0.3) is 21.1 Å². The van der Waals surface area contributed by atoms with Gasteiger partial charge in [-0.1, -0.05) is 60.2 Å². The number of β-amino-alcohol motifs (C(OH)–C–C–N with tert-alkyl or cyclic N) is 1. The Kier molecular flexibility index (Phi) is 26.4. The molecule has 4 saturated heterocycles. The van der Waals surface area contributed by atoms with Gasteiger partial charge in [0.1, 0.15) is 58.5 Å². The van der Waals surface area contributed by atoms with Crippen molar-refractivity contribution in [3.63, 3.8) is 0 Å². The number of aliphatic hydroxyl groups is 7. The van der Waals surface area contributed by atoms with Crippen molar-refractivity contribution in [2.24, 2.45) is 11.7 Å². The number of aromatic nitrogens is 2. The molecule has 32 nitrogen and oxygen atoms in total. The number of primary amides is 1. The Bertz CT molecular complexity index is 3660. The third-order valence-corrected chi connectivity index (χ3v) is 19.2. The van der Waals surface area contributed by atoms with E-state index in [1.165, 1.54) is 30.4 Å². The van der Waals surface area contributed by atoms with Crippen LogP contribution in [0.1, 0.15) is 73.5 Å². The molecule has 0 bridgehead atoms. The molecule has 14 atom stereocenters. The number of rotatable bonds is 18. The van der Waals surface area contributed by atoms with Crippen LogP contribution < -0.4 is 76.2 Å². The Morgan fingerprint density at radius 2 is 1.41 bits per heavy atom. The van der Waals surface area contributed by atoms with Crippen LogP contribution in [-0.2, 0) is 53.3 Å². The third kappa shape index (κ3) is 17.9. The summed E-state index contributed by atoms with van der Waals surface area (Å²) in [4.78, 5) is 118. The molecule has 9 rings (SSSR count). The molecule has 8 amide bonds. The van der Waals surface area contributed by atoms with Crippen LogP contribution in [0, 0.1) is 5.92 Å². The summed E-state index contributed by atoms with van der Waals surface area (Å²) < 4.78 is 15.1. The Hall–Kier alpha value is -7.20. The minimum Gasteiger partial charge on any atom is -0.691 e. The Morgan fingerprint density at radius 3 is 2.02 bits per heavy atom. The molecule has 0 saturated carbocycles. The minimum atomic E-state index is -2.55. The van der Waals surface area contributed by atoms with Crippen LogP contribution in [0.4, 0.5) is 5.69 Å². The summed E-state index contributed by atoms with van der Waals surface area (Å²) in [6.07, 6.45) is -14.7. The van der Waals surface area contributed by atoms with E-state index in [2.05, 4.69) is 51.1 Å². The molecular weight excluding hydrogens is 1360 g/mol. The average molecular weight is 1430 g/mol. The van der Waals surface area contributed by atoms with E-state index >= 15 is 0 Å². The molecule has 0 spiro atoms. The fourth-order valence-electron chi connectivity index (χ4n) is 12.2. The number of anilines is 1. The van der Waals surface area contributed by atoms with Gasteiger partial charge in [0.2, 0.25) is 41.4 Å². The number of hydrogen-bond donors (Lipinski definition) is 14. The predicted molar refractivity (Wildman–Crippen MR) is 341 cm³/mol. The zero-order valence-corrected chi connectivity index (χ0v) is 57.6. The zero-order chi connectivity index (χ0) is 70.2. The van der Waals surface area contributed by atoms with Gasteiger partial charge in [-0.15, -0.1) is 14.5 Å². The van der Waals surface area contributed by atoms with E-state index < -0.39 is 188 Å². The molecule has 4 aliphatic heterocycles. The first-order valence-electron chi connectivity index (χ1n) is 30.6. The van der Waals surface area contributed by atoms with Crippen molar-refractivity contribution in [1.82, 2.24) is 46.6 Å². The third-order valence-electron chi connectivity index (χ3n) is 17.6. The number of nitrogens with two attached hydrogens (primary N) is 1. The minimum absolute atomic E-state index is 0. The van der Waals surface area contributed by atoms with Gasteiger partial charge in [0, 0.05) is 86.0 Å². The normalized spacial score (nSPS) is 25.6. The molecule has 522 valence electrons. The molecule has 36 heteroatoms. The zero-order valence-electron chi connectivity index (χ0n) is 53.2. The van der Waals surface area contributed by atoms with Crippen LogP contribution in [0.5, 0.6) is 11.5 Å². The SMILES string of the molecule is COC1(c2ccc(Cl)cc2)CCN(c2ccc(-c3nnc(-c4ccc(C(=O)NC5CC(O)CNC(=O)C6C(O)C(C)CN6C(=O)C(C(O)CC(N)=O)NC(=O)C(C(O)C(O)c6ccc(O)c(OSOO[O-])c6)NC(=O)C6CC(O)CN6C(=O)C(C(C)O)NC5=O)cc4)s3)cc2)CC1.[Na+]. The summed E-state index contributed by atoms with van der Waals surface area (Å²) in [5.41, 5.74) is 8.04. The van der Waals surface area contributed by atoms with E-state index in [4.69, 9.17) is 26.3 Å². The van der Waals surface area contributed by atoms with E-state index in [-0.39, 0.29) is 53.0 Å². The Balaban J connectivity index is 0.0000122. The molecule has 5 aromatic rings. The monoisotopic (exact) mass is 1430 g/mol. The molecule has 15 N–H and O–H groups in total.